The first-order chi connectivity index (χ1) is 14.5. The van der Waals surface area contributed by atoms with Crippen molar-refractivity contribution in [3.63, 3.8) is 0 Å². The quantitative estimate of drug-likeness (QED) is 0.487. The number of rotatable bonds is 6. The molecular weight excluding hydrogens is 437 g/mol. The average molecular weight is 455 g/mol. The zero-order valence-corrected chi connectivity index (χ0v) is 17.0. The van der Waals surface area contributed by atoms with E-state index in [9.17, 15) is 27.7 Å². The molecular formula is C17H18FN5O7S. The first-order valence-corrected chi connectivity index (χ1v) is 10.9. The number of likely N-dealkylation sites (tertiary alicyclic amines) is 1. The predicted molar refractivity (Wildman–Crippen MR) is 105 cm³/mol. The van der Waals surface area contributed by atoms with Crippen LogP contribution in [0.5, 0.6) is 5.88 Å². The number of nitrogens with zero attached hydrogens (tertiary/aromatic N) is 4. The number of ether oxygens (including phenoxy) is 1. The van der Waals surface area contributed by atoms with Crippen molar-refractivity contribution in [2.75, 3.05) is 24.7 Å². The van der Waals surface area contributed by atoms with Crippen molar-refractivity contribution in [2.24, 2.45) is 0 Å². The van der Waals surface area contributed by atoms with Crippen molar-refractivity contribution in [2.45, 2.75) is 23.8 Å². The minimum Gasteiger partial charge on any atom is -0.465 e. The molecule has 1 aromatic heterocycles. The normalized spacial score (nSPS) is 14.8. The van der Waals surface area contributed by atoms with E-state index in [-0.39, 0.29) is 35.4 Å². The number of nitro groups is 1. The van der Waals surface area contributed by atoms with Crippen LogP contribution in [0.2, 0.25) is 0 Å². The van der Waals surface area contributed by atoms with Crippen LogP contribution in [0.3, 0.4) is 0 Å². The van der Waals surface area contributed by atoms with Crippen LogP contribution in [0.4, 0.5) is 26.6 Å². The van der Waals surface area contributed by atoms with Crippen molar-refractivity contribution >= 4 is 33.4 Å². The van der Waals surface area contributed by atoms with Crippen LogP contribution in [0.15, 0.2) is 29.2 Å². The number of carboxylic acid groups (broad SMARTS) is 1. The lowest BCUT2D eigenvalue weighted by Crippen LogP contribution is -2.41. The maximum atomic E-state index is 14.3. The third kappa shape index (κ3) is 5.53. The Labute approximate surface area is 175 Å². The summed E-state index contributed by atoms with van der Waals surface area (Å²) in [6.45, 7) is 0.492. The van der Waals surface area contributed by atoms with Crippen molar-refractivity contribution in [3.05, 3.63) is 40.2 Å². The van der Waals surface area contributed by atoms with E-state index in [0.717, 1.165) is 12.3 Å². The monoisotopic (exact) mass is 455 g/mol. The molecule has 2 aromatic rings. The van der Waals surface area contributed by atoms with E-state index in [2.05, 4.69) is 15.3 Å². The number of piperidine rings is 1. The minimum absolute atomic E-state index is 0.133. The Bertz CT molecular complexity index is 1120. The fourth-order valence-corrected chi connectivity index (χ4v) is 3.55. The number of hydrogen-bond donors (Lipinski definition) is 2. The molecule has 0 spiro atoms. The summed E-state index contributed by atoms with van der Waals surface area (Å²) in [5.41, 5.74) is -0.152. The molecule has 0 atom stereocenters. The fraction of sp³-hybridized carbons (Fsp3) is 0.353. The number of amides is 1. The minimum atomic E-state index is -3.61. The second kappa shape index (κ2) is 8.67. The maximum Gasteiger partial charge on any atom is 0.474 e. The molecule has 1 aliphatic heterocycles. The molecule has 1 fully saturated rings. The second-order valence-electron chi connectivity index (χ2n) is 6.77. The fourth-order valence-electron chi connectivity index (χ4n) is 2.92. The van der Waals surface area contributed by atoms with Gasteiger partial charge in [-0.2, -0.15) is 0 Å². The summed E-state index contributed by atoms with van der Waals surface area (Å²) in [5, 5.41) is 22.7. The van der Waals surface area contributed by atoms with Crippen LogP contribution in [-0.2, 0) is 9.84 Å². The van der Waals surface area contributed by atoms with Gasteiger partial charge in [-0.15, -0.1) is 0 Å². The highest BCUT2D eigenvalue weighted by molar-refractivity contribution is 7.90. The van der Waals surface area contributed by atoms with Gasteiger partial charge in [-0.3, -0.25) is 0 Å². The summed E-state index contributed by atoms with van der Waals surface area (Å²) in [5.74, 6) is -1.94. The summed E-state index contributed by atoms with van der Waals surface area (Å²) in [6, 6.07) is 4.41. The van der Waals surface area contributed by atoms with E-state index < -0.39 is 38.7 Å². The Morgan fingerprint density at radius 2 is 2.00 bits per heavy atom. The molecule has 166 valence electrons. The molecule has 1 aliphatic rings. The molecule has 31 heavy (non-hydrogen) atoms. The van der Waals surface area contributed by atoms with Gasteiger partial charge < -0.3 is 30.2 Å². The third-order valence-electron chi connectivity index (χ3n) is 4.49. The zero-order valence-electron chi connectivity index (χ0n) is 16.2. The van der Waals surface area contributed by atoms with Crippen LogP contribution in [0.25, 0.3) is 0 Å². The Morgan fingerprint density at radius 1 is 1.32 bits per heavy atom. The number of aromatic nitrogens is 2. The van der Waals surface area contributed by atoms with Crippen molar-refractivity contribution < 1.29 is 32.4 Å². The number of halogens is 1. The van der Waals surface area contributed by atoms with Crippen LogP contribution < -0.4 is 10.1 Å². The van der Waals surface area contributed by atoms with E-state index in [1.807, 2.05) is 0 Å². The van der Waals surface area contributed by atoms with E-state index in [4.69, 9.17) is 9.84 Å². The summed E-state index contributed by atoms with van der Waals surface area (Å²) < 4.78 is 43.0. The standard InChI is InChI=1S/C17H18FN5O7S/c1-31(28,29)11-2-3-13(12(18)8-11)19-14-9-15(21-16(20-14)23(26)27)30-10-4-6-22(7-5-10)17(24)25/h2-3,8-10H,4-7H2,1H3,(H,24,25)(H,19,20,21). The maximum absolute atomic E-state index is 14.3. The molecule has 0 radical (unpaired) electrons. The highest BCUT2D eigenvalue weighted by Gasteiger charge is 2.26. The summed E-state index contributed by atoms with van der Waals surface area (Å²) in [4.78, 5) is 29.7. The van der Waals surface area contributed by atoms with Gasteiger partial charge in [-0.1, -0.05) is 0 Å². The SMILES string of the molecule is CS(=O)(=O)c1ccc(Nc2cc(OC3CCN(C(=O)O)CC3)nc([N+](=O)[O-])n2)c(F)c1. The molecule has 2 heterocycles. The molecule has 0 saturated carbocycles. The summed E-state index contributed by atoms with van der Waals surface area (Å²) >= 11 is 0. The first-order valence-electron chi connectivity index (χ1n) is 8.97. The van der Waals surface area contributed by atoms with Gasteiger partial charge in [0, 0.05) is 32.2 Å². The van der Waals surface area contributed by atoms with Gasteiger partial charge in [-0.25, -0.2) is 17.6 Å². The van der Waals surface area contributed by atoms with E-state index >= 15 is 0 Å². The van der Waals surface area contributed by atoms with Gasteiger partial charge in [0.2, 0.25) is 5.82 Å². The largest absolute Gasteiger partial charge is 0.474 e. The predicted octanol–water partition coefficient (Wildman–Crippen LogP) is 2.19. The number of anilines is 2. The summed E-state index contributed by atoms with van der Waals surface area (Å²) in [7, 11) is -3.61. The van der Waals surface area contributed by atoms with Crippen molar-refractivity contribution in [3.8, 4) is 5.88 Å². The summed E-state index contributed by atoms with van der Waals surface area (Å²) in [6.07, 6.45) is 0.228. The molecule has 3 rings (SSSR count). The van der Waals surface area contributed by atoms with Gasteiger partial charge in [0.25, 0.3) is 5.88 Å². The Hall–Kier alpha value is -3.55. The zero-order chi connectivity index (χ0) is 22.8. The lowest BCUT2D eigenvalue weighted by molar-refractivity contribution is -0.394. The van der Waals surface area contributed by atoms with Gasteiger partial charge in [0.05, 0.1) is 16.6 Å². The first kappa shape index (κ1) is 22.1. The van der Waals surface area contributed by atoms with E-state index in [1.54, 1.807) is 0 Å². The molecule has 1 amide bonds. The van der Waals surface area contributed by atoms with Gasteiger partial charge >= 0.3 is 12.0 Å². The van der Waals surface area contributed by atoms with Crippen LogP contribution >= 0.6 is 0 Å². The van der Waals surface area contributed by atoms with Gasteiger partial charge in [0.1, 0.15) is 11.9 Å². The second-order valence-corrected chi connectivity index (χ2v) is 8.79. The molecule has 0 aliphatic carbocycles. The van der Waals surface area contributed by atoms with Crippen molar-refractivity contribution in [1.82, 2.24) is 14.9 Å². The number of benzene rings is 1. The van der Waals surface area contributed by atoms with Crippen LogP contribution in [0.1, 0.15) is 12.8 Å². The molecule has 2 N–H and O–H groups in total. The molecule has 12 nitrogen and oxygen atoms in total. The molecule has 0 bridgehead atoms. The van der Waals surface area contributed by atoms with E-state index in [1.165, 1.54) is 23.1 Å². The highest BCUT2D eigenvalue weighted by atomic mass is 32.2. The number of hydrogen-bond acceptors (Lipinski definition) is 9. The van der Waals surface area contributed by atoms with Crippen molar-refractivity contribution in [1.29, 1.82) is 0 Å². The smallest absolute Gasteiger partial charge is 0.465 e. The Kier molecular flexibility index (Phi) is 6.19. The highest BCUT2D eigenvalue weighted by Crippen LogP contribution is 2.26. The lowest BCUT2D eigenvalue weighted by Gasteiger charge is -2.29. The number of sulfone groups is 1. The van der Waals surface area contributed by atoms with E-state index in [0.29, 0.717) is 12.8 Å². The number of carbonyl (C=O) groups is 1. The molecule has 1 aromatic carbocycles. The van der Waals surface area contributed by atoms with Crippen LogP contribution in [-0.4, -0.2) is 64.9 Å². The number of nitrogens with one attached hydrogen (secondary N) is 1. The Balaban J connectivity index is 1.81. The topological polar surface area (TPSA) is 165 Å². The molecule has 1 saturated heterocycles. The third-order valence-corrected chi connectivity index (χ3v) is 5.60. The average Bonchev–Trinajstić information content (AvgIpc) is 2.69. The molecule has 0 unspecified atom stereocenters. The van der Waals surface area contributed by atoms with Gasteiger partial charge in [-0.05, 0) is 33.1 Å². The van der Waals surface area contributed by atoms with Gasteiger partial charge in [0.15, 0.2) is 9.84 Å². The lowest BCUT2D eigenvalue weighted by atomic mass is 10.1. The molecule has 14 heteroatoms. The Morgan fingerprint density at radius 3 is 2.55 bits per heavy atom. The van der Waals surface area contributed by atoms with Crippen LogP contribution in [0, 0.1) is 15.9 Å².